The zero-order valence-corrected chi connectivity index (χ0v) is 15.4. The Hall–Kier alpha value is -0.640. The summed E-state index contributed by atoms with van der Waals surface area (Å²) in [5, 5.41) is 5.77. The molecule has 0 radical (unpaired) electrons. The molecule has 1 atom stereocenters. The maximum Gasteiger partial charge on any atom is 0.0314 e. The molecule has 0 aliphatic rings. The average Bonchev–Trinajstić information content (AvgIpc) is 2.84. The minimum absolute atomic E-state index is 0.538. The lowest BCUT2D eigenvalue weighted by molar-refractivity contribution is 0.445. The fourth-order valence-electron chi connectivity index (χ4n) is 2.50. The first kappa shape index (κ1) is 16.7. The second kappa shape index (κ2) is 8.11. The SMILES string of the molecule is Cc1ccccc1CC(CNC(C)C)Cc1sccc1Br. The largest absolute Gasteiger partial charge is 0.314 e. The number of rotatable bonds is 7. The van der Waals surface area contributed by atoms with Crippen LogP contribution in [0, 0.1) is 12.8 Å². The monoisotopic (exact) mass is 365 g/mol. The number of hydrogen-bond donors (Lipinski definition) is 1. The summed E-state index contributed by atoms with van der Waals surface area (Å²) in [5.41, 5.74) is 2.87. The van der Waals surface area contributed by atoms with Crippen LogP contribution in [0.3, 0.4) is 0 Å². The molecule has 1 nitrogen and oxygen atoms in total. The lowest BCUT2D eigenvalue weighted by Gasteiger charge is -2.20. The van der Waals surface area contributed by atoms with Crippen molar-refractivity contribution in [2.75, 3.05) is 6.54 Å². The van der Waals surface area contributed by atoms with E-state index in [1.165, 1.54) is 20.5 Å². The Morgan fingerprint density at radius 3 is 2.52 bits per heavy atom. The number of halogens is 1. The summed E-state index contributed by atoms with van der Waals surface area (Å²) < 4.78 is 1.26. The van der Waals surface area contributed by atoms with Crippen LogP contribution in [-0.4, -0.2) is 12.6 Å². The van der Waals surface area contributed by atoms with Crippen molar-refractivity contribution in [3.8, 4) is 0 Å². The maximum absolute atomic E-state index is 3.66. The summed E-state index contributed by atoms with van der Waals surface area (Å²) >= 11 is 5.52. The normalized spacial score (nSPS) is 12.8. The van der Waals surface area contributed by atoms with Gasteiger partial charge >= 0.3 is 0 Å². The third kappa shape index (κ3) is 5.24. The zero-order valence-electron chi connectivity index (χ0n) is 13.0. The van der Waals surface area contributed by atoms with Gasteiger partial charge in [0.15, 0.2) is 0 Å². The molecule has 0 aliphatic heterocycles. The van der Waals surface area contributed by atoms with Crippen LogP contribution < -0.4 is 5.32 Å². The molecule has 1 aromatic heterocycles. The van der Waals surface area contributed by atoms with E-state index in [1.807, 2.05) is 11.3 Å². The predicted octanol–water partition coefficient (Wildman–Crippen LogP) is 5.22. The molecular formula is C18H24BrNS. The molecule has 0 amide bonds. The molecule has 2 rings (SSSR count). The van der Waals surface area contributed by atoms with Gasteiger partial charge in [-0.15, -0.1) is 11.3 Å². The topological polar surface area (TPSA) is 12.0 Å². The standard InChI is InChI=1S/C18H24BrNS/c1-13(2)20-12-15(11-18-17(19)8-9-21-18)10-16-7-5-4-6-14(16)3/h4-9,13,15,20H,10-12H2,1-3H3. The van der Waals surface area contributed by atoms with Crippen LogP contribution in [0.15, 0.2) is 40.2 Å². The van der Waals surface area contributed by atoms with Gasteiger partial charge in [0.25, 0.3) is 0 Å². The Balaban J connectivity index is 2.08. The van der Waals surface area contributed by atoms with Crippen molar-refractivity contribution in [1.82, 2.24) is 5.32 Å². The van der Waals surface area contributed by atoms with E-state index in [4.69, 9.17) is 0 Å². The van der Waals surface area contributed by atoms with Crippen molar-refractivity contribution in [3.05, 3.63) is 56.2 Å². The van der Waals surface area contributed by atoms with E-state index in [0.29, 0.717) is 12.0 Å². The number of thiophene rings is 1. The first-order valence-corrected chi connectivity index (χ1v) is 9.23. The van der Waals surface area contributed by atoms with Gasteiger partial charge in [-0.3, -0.25) is 0 Å². The molecule has 2 aromatic rings. The highest BCUT2D eigenvalue weighted by Gasteiger charge is 2.15. The van der Waals surface area contributed by atoms with E-state index < -0.39 is 0 Å². The lowest BCUT2D eigenvalue weighted by Crippen LogP contribution is -2.31. The van der Waals surface area contributed by atoms with Gasteiger partial charge in [-0.25, -0.2) is 0 Å². The smallest absolute Gasteiger partial charge is 0.0314 e. The summed E-state index contributed by atoms with van der Waals surface area (Å²) in [6, 6.07) is 11.4. The molecule has 3 heteroatoms. The van der Waals surface area contributed by atoms with Crippen LogP contribution in [0.2, 0.25) is 0 Å². The fourth-order valence-corrected chi connectivity index (χ4v) is 4.13. The first-order valence-electron chi connectivity index (χ1n) is 7.56. The molecule has 21 heavy (non-hydrogen) atoms. The molecule has 114 valence electrons. The van der Waals surface area contributed by atoms with Gasteiger partial charge in [-0.1, -0.05) is 38.1 Å². The molecule has 0 saturated carbocycles. The molecule has 0 fully saturated rings. The second-order valence-corrected chi connectivity index (χ2v) is 7.81. The van der Waals surface area contributed by atoms with Crippen molar-refractivity contribution in [2.24, 2.45) is 5.92 Å². The van der Waals surface area contributed by atoms with Crippen LogP contribution in [0.4, 0.5) is 0 Å². The number of aryl methyl sites for hydroxylation is 1. The second-order valence-electron chi connectivity index (χ2n) is 5.96. The van der Waals surface area contributed by atoms with Gasteiger partial charge in [0.1, 0.15) is 0 Å². The molecule has 0 aliphatic carbocycles. The van der Waals surface area contributed by atoms with Crippen LogP contribution >= 0.6 is 27.3 Å². The highest BCUT2D eigenvalue weighted by molar-refractivity contribution is 9.10. The third-order valence-electron chi connectivity index (χ3n) is 3.75. The molecule has 0 spiro atoms. The van der Waals surface area contributed by atoms with Crippen LogP contribution in [0.5, 0.6) is 0 Å². The van der Waals surface area contributed by atoms with Crippen LogP contribution in [0.1, 0.15) is 29.9 Å². The van der Waals surface area contributed by atoms with Crippen molar-refractivity contribution in [1.29, 1.82) is 0 Å². The summed E-state index contributed by atoms with van der Waals surface area (Å²) in [6.45, 7) is 7.71. The molecule has 1 N–H and O–H groups in total. The Morgan fingerprint density at radius 2 is 1.90 bits per heavy atom. The number of hydrogen-bond acceptors (Lipinski definition) is 2. The summed E-state index contributed by atoms with van der Waals surface area (Å²) in [5.74, 6) is 0.628. The van der Waals surface area contributed by atoms with E-state index in [1.54, 1.807) is 0 Å². The van der Waals surface area contributed by atoms with Crippen molar-refractivity contribution >= 4 is 27.3 Å². The molecular weight excluding hydrogens is 342 g/mol. The number of nitrogens with one attached hydrogen (secondary N) is 1. The Kier molecular flexibility index (Phi) is 6.46. The third-order valence-corrected chi connectivity index (χ3v) is 5.70. The average molecular weight is 366 g/mol. The van der Waals surface area contributed by atoms with Gasteiger partial charge in [0.05, 0.1) is 0 Å². The Labute approximate surface area is 140 Å². The van der Waals surface area contributed by atoms with Gasteiger partial charge in [-0.2, -0.15) is 0 Å². The fraction of sp³-hybridized carbons (Fsp3) is 0.444. The molecule has 1 heterocycles. The quantitative estimate of drug-likeness (QED) is 0.709. The molecule has 1 unspecified atom stereocenters. The summed E-state index contributed by atoms with van der Waals surface area (Å²) in [4.78, 5) is 1.46. The lowest BCUT2D eigenvalue weighted by atomic mass is 9.93. The van der Waals surface area contributed by atoms with Crippen LogP contribution in [0.25, 0.3) is 0 Å². The zero-order chi connectivity index (χ0) is 15.2. The maximum atomic E-state index is 3.66. The highest BCUT2D eigenvalue weighted by Crippen LogP contribution is 2.27. The van der Waals surface area contributed by atoms with E-state index >= 15 is 0 Å². The van der Waals surface area contributed by atoms with Gasteiger partial charge in [0, 0.05) is 15.4 Å². The summed E-state index contributed by atoms with van der Waals surface area (Å²) in [7, 11) is 0. The molecule has 1 aromatic carbocycles. The van der Waals surface area contributed by atoms with Gasteiger partial charge in [0.2, 0.25) is 0 Å². The van der Waals surface area contributed by atoms with Crippen molar-refractivity contribution in [2.45, 2.75) is 39.7 Å². The van der Waals surface area contributed by atoms with Gasteiger partial charge < -0.3 is 5.32 Å². The minimum Gasteiger partial charge on any atom is -0.314 e. The summed E-state index contributed by atoms with van der Waals surface area (Å²) in [6.07, 6.45) is 2.27. The minimum atomic E-state index is 0.538. The van der Waals surface area contributed by atoms with Crippen molar-refractivity contribution < 1.29 is 0 Å². The van der Waals surface area contributed by atoms with E-state index in [2.05, 4.69) is 77.7 Å². The van der Waals surface area contributed by atoms with Crippen molar-refractivity contribution in [3.63, 3.8) is 0 Å². The van der Waals surface area contributed by atoms with E-state index in [0.717, 1.165) is 19.4 Å². The molecule has 0 bridgehead atoms. The highest BCUT2D eigenvalue weighted by atomic mass is 79.9. The van der Waals surface area contributed by atoms with Gasteiger partial charge in [-0.05, 0) is 70.7 Å². The van der Waals surface area contributed by atoms with E-state index in [9.17, 15) is 0 Å². The Bertz CT molecular complexity index is 562. The Morgan fingerprint density at radius 1 is 1.14 bits per heavy atom. The first-order chi connectivity index (χ1) is 10.1. The van der Waals surface area contributed by atoms with E-state index in [-0.39, 0.29) is 0 Å². The molecule has 0 saturated heterocycles. The number of benzene rings is 1. The predicted molar refractivity (Wildman–Crippen MR) is 97.2 cm³/mol. The van der Waals surface area contributed by atoms with Crippen LogP contribution in [-0.2, 0) is 12.8 Å².